The molecule has 2 aromatic rings. The van der Waals surface area contributed by atoms with Gasteiger partial charge in [0, 0.05) is 26.3 Å². The average molecular weight is 313 g/mol. The second-order valence-corrected chi connectivity index (χ2v) is 5.48. The van der Waals surface area contributed by atoms with Crippen LogP contribution in [0.3, 0.4) is 0 Å². The SMILES string of the molecule is CN(C)c1ccc(NCc2ccc(F)c(Cl)c2)cc1Cl. The maximum Gasteiger partial charge on any atom is 0.141 e. The molecule has 0 spiro atoms. The maximum atomic E-state index is 13.1. The van der Waals surface area contributed by atoms with Gasteiger partial charge in [-0.2, -0.15) is 0 Å². The second kappa shape index (κ2) is 6.33. The number of hydrogen-bond donors (Lipinski definition) is 1. The summed E-state index contributed by atoms with van der Waals surface area (Å²) in [6.07, 6.45) is 0. The predicted octanol–water partition coefficient (Wildman–Crippen LogP) is 4.81. The lowest BCUT2D eigenvalue weighted by molar-refractivity contribution is 0.627. The molecule has 0 radical (unpaired) electrons. The molecule has 0 aliphatic heterocycles. The van der Waals surface area contributed by atoms with E-state index in [0.29, 0.717) is 11.6 Å². The number of halogens is 3. The highest BCUT2D eigenvalue weighted by Gasteiger charge is 2.04. The van der Waals surface area contributed by atoms with Crippen molar-refractivity contribution in [2.45, 2.75) is 6.54 Å². The second-order valence-electron chi connectivity index (χ2n) is 4.66. The summed E-state index contributed by atoms with van der Waals surface area (Å²) in [4.78, 5) is 1.95. The van der Waals surface area contributed by atoms with Crippen molar-refractivity contribution in [3.8, 4) is 0 Å². The van der Waals surface area contributed by atoms with E-state index in [1.807, 2.05) is 37.2 Å². The lowest BCUT2D eigenvalue weighted by atomic mass is 10.2. The Kier molecular flexibility index (Phi) is 4.73. The minimum atomic E-state index is -0.409. The summed E-state index contributed by atoms with van der Waals surface area (Å²) in [5.74, 6) is -0.409. The zero-order valence-electron chi connectivity index (χ0n) is 11.3. The first kappa shape index (κ1) is 14.9. The number of nitrogens with one attached hydrogen (secondary N) is 1. The van der Waals surface area contributed by atoms with Gasteiger partial charge in [0.05, 0.1) is 15.7 Å². The molecule has 0 aliphatic carbocycles. The largest absolute Gasteiger partial charge is 0.381 e. The first-order valence-corrected chi connectivity index (χ1v) is 6.87. The number of benzene rings is 2. The van der Waals surface area contributed by atoms with Crippen LogP contribution in [0.25, 0.3) is 0 Å². The van der Waals surface area contributed by atoms with Gasteiger partial charge in [-0.25, -0.2) is 4.39 Å². The van der Waals surface area contributed by atoms with Crippen molar-refractivity contribution in [3.63, 3.8) is 0 Å². The first-order valence-electron chi connectivity index (χ1n) is 6.12. The minimum Gasteiger partial charge on any atom is -0.381 e. The lowest BCUT2D eigenvalue weighted by Crippen LogP contribution is -2.09. The molecule has 0 heterocycles. The fourth-order valence-electron chi connectivity index (χ4n) is 1.83. The third kappa shape index (κ3) is 3.56. The highest BCUT2D eigenvalue weighted by atomic mass is 35.5. The predicted molar refractivity (Wildman–Crippen MR) is 84.5 cm³/mol. The normalized spacial score (nSPS) is 10.4. The Morgan fingerprint density at radius 1 is 1.05 bits per heavy atom. The van der Waals surface area contributed by atoms with Crippen LogP contribution < -0.4 is 10.2 Å². The Bertz CT molecular complexity index is 615. The summed E-state index contributed by atoms with van der Waals surface area (Å²) in [7, 11) is 3.88. The van der Waals surface area contributed by atoms with Gasteiger partial charge >= 0.3 is 0 Å². The molecule has 20 heavy (non-hydrogen) atoms. The van der Waals surface area contributed by atoms with Crippen LogP contribution in [0.5, 0.6) is 0 Å². The van der Waals surface area contributed by atoms with Crippen molar-refractivity contribution in [1.82, 2.24) is 0 Å². The van der Waals surface area contributed by atoms with Gasteiger partial charge in [-0.15, -0.1) is 0 Å². The van der Waals surface area contributed by atoms with Crippen molar-refractivity contribution < 1.29 is 4.39 Å². The summed E-state index contributed by atoms with van der Waals surface area (Å²) >= 11 is 11.9. The van der Waals surface area contributed by atoms with Gasteiger partial charge in [0.1, 0.15) is 5.82 Å². The van der Waals surface area contributed by atoms with Gasteiger partial charge in [0.2, 0.25) is 0 Å². The first-order chi connectivity index (χ1) is 9.47. The van der Waals surface area contributed by atoms with E-state index in [1.165, 1.54) is 6.07 Å². The molecule has 1 N–H and O–H groups in total. The fourth-order valence-corrected chi connectivity index (χ4v) is 2.39. The Balaban J connectivity index is 2.07. The van der Waals surface area contributed by atoms with Gasteiger partial charge in [-0.3, -0.25) is 0 Å². The highest BCUT2D eigenvalue weighted by molar-refractivity contribution is 6.33. The summed E-state index contributed by atoms with van der Waals surface area (Å²) in [5.41, 5.74) is 2.77. The van der Waals surface area contributed by atoms with Crippen LogP contribution in [0.15, 0.2) is 36.4 Å². The summed E-state index contributed by atoms with van der Waals surface area (Å²) in [6, 6.07) is 10.4. The van der Waals surface area contributed by atoms with Crippen molar-refractivity contribution in [3.05, 3.63) is 57.8 Å². The molecule has 5 heteroatoms. The van der Waals surface area contributed by atoms with Gasteiger partial charge in [0.15, 0.2) is 0 Å². The van der Waals surface area contributed by atoms with E-state index in [-0.39, 0.29) is 5.02 Å². The zero-order chi connectivity index (χ0) is 14.7. The quantitative estimate of drug-likeness (QED) is 0.871. The van der Waals surface area contributed by atoms with Crippen LogP contribution in [0.1, 0.15) is 5.56 Å². The molecule has 0 unspecified atom stereocenters. The molecule has 106 valence electrons. The average Bonchev–Trinajstić information content (AvgIpc) is 2.40. The van der Waals surface area contributed by atoms with E-state index in [0.717, 1.165) is 16.9 Å². The van der Waals surface area contributed by atoms with Crippen LogP contribution in [-0.2, 0) is 6.54 Å². The smallest absolute Gasteiger partial charge is 0.141 e. The summed E-state index contributed by atoms with van der Waals surface area (Å²) < 4.78 is 13.1. The number of nitrogens with zero attached hydrogens (tertiary/aromatic N) is 1. The van der Waals surface area contributed by atoms with E-state index in [2.05, 4.69) is 5.32 Å². The van der Waals surface area contributed by atoms with Crippen LogP contribution in [-0.4, -0.2) is 14.1 Å². The van der Waals surface area contributed by atoms with E-state index < -0.39 is 5.82 Å². The number of hydrogen-bond acceptors (Lipinski definition) is 2. The molecule has 0 amide bonds. The van der Waals surface area contributed by atoms with E-state index in [1.54, 1.807) is 12.1 Å². The third-order valence-electron chi connectivity index (χ3n) is 2.91. The van der Waals surface area contributed by atoms with Crippen LogP contribution >= 0.6 is 23.2 Å². The highest BCUT2D eigenvalue weighted by Crippen LogP contribution is 2.27. The lowest BCUT2D eigenvalue weighted by Gasteiger charge is -2.15. The Morgan fingerprint density at radius 3 is 2.40 bits per heavy atom. The molecule has 0 atom stereocenters. The van der Waals surface area contributed by atoms with Gasteiger partial charge in [0.25, 0.3) is 0 Å². The topological polar surface area (TPSA) is 15.3 Å². The van der Waals surface area contributed by atoms with E-state index >= 15 is 0 Å². The van der Waals surface area contributed by atoms with Crippen LogP contribution in [0.4, 0.5) is 15.8 Å². The summed E-state index contributed by atoms with van der Waals surface area (Å²) in [5, 5.41) is 4.04. The fraction of sp³-hybridized carbons (Fsp3) is 0.200. The van der Waals surface area contributed by atoms with Gasteiger partial charge in [-0.1, -0.05) is 29.3 Å². The van der Waals surface area contributed by atoms with Gasteiger partial charge in [-0.05, 0) is 35.9 Å². The van der Waals surface area contributed by atoms with Crippen LogP contribution in [0, 0.1) is 5.82 Å². The number of rotatable bonds is 4. The zero-order valence-corrected chi connectivity index (χ0v) is 12.8. The summed E-state index contributed by atoms with van der Waals surface area (Å²) in [6.45, 7) is 0.553. The van der Waals surface area contributed by atoms with Crippen molar-refractivity contribution in [1.29, 1.82) is 0 Å². The van der Waals surface area contributed by atoms with E-state index in [4.69, 9.17) is 23.2 Å². The molecule has 0 aromatic heterocycles. The molecular formula is C15H15Cl2FN2. The monoisotopic (exact) mass is 312 g/mol. The van der Waals surface area contributed by atoms with Gasteiger partial charge < -0.3 is 10.2 Å². The van der Waals surface area contributed by atoms with Crippen molar-refractivity contribution >= 4 is 34.6 Å². The minimum absolute atomic E-state index is 0.130. The standard InChI is InChI=1S/C15H15Cl2FN2/c1-20(2)15-6-4-11(8-13(15)17)19-9-10-3-5-14(18)12(16)7-10/h3-8,19H,9H2,1-2H3. The molecule has 0 fully saturated rings. The third-order valence-corrected chi connectivity index (χ3v) is 3.50. The number of anilines is 2. The van der Waals surface area contributed by atoms with Crippen LogP contribution in [0.2, 0.25) is 10.0 Å². The Hall–Kier alpha value is -1.45. The molecule has 0 saturated carbocycles. The Labute approximate surface area is 128 Å². The Morgan fingerprint density at radius 2 is 1.80 bits per heavy atom. The molecular weight excluding hydrogens is 298 g/mol. The molecule has 2 rings (SSSR count). The molecule has 2 nitrogen and oxygen atoms in total. The molecule has 0 saturated heterocycles. The van der Waals surface area contributed by atoms with E-state index in [9.17, 15) is 4.39 Å². The van der Waals surface area contributed by atoms with Crippen molar-refractivity contribution in [2.24, 2.45) is 0 Å². The maximum absolute atomic E-state index is 13.1. The van der Waals surface area contributed by atoms with Crippen molar-refractivity contribution in [2.75, 3.05) is 24.3 Å². The molecule has 2 aromatic carbocycles. The molecule has 0 aliphatic rings. The molecule has 0 bridgehead atoms.